The molecule has 0 aliphatic carbocycles. The van der Waals surface area contributed by atoms with Crippen LogP contribution in [-0.4, -0.2) is 82.2 Å². The summed E-state index contributed by atoms with van der Waals surface area (Å²) in [6, 6.07) is 15.6. The highest BCUT2D eigenvalue weighted by molar-refractivity contribution is 6.30. The molecule has 2 aliphatic heterocycles. The van der Waals surface area contributed by atoms with Crippen molar-refractivity contribution in [2.45, 2.75) is 32.7 Å². The summed E-state index contributed by atoms with van der Waals surface area (Å²) in [5.74, 6) is -0.133. The van der Waals surface area contributed by atoms with E-state index in [0.29, 0.717) is 33.6 Å². The van der Waals surface area contributed by atoms with Crippen LogP contribution in [0, 0.1) is 18.3 Å². The van der Waals surface area contributed by atoms with Crippen LogP contribution in [0.4, 0.5) is 11.4 Å². The minimum absolute atomic E-state index is 0. The maximum Gasteiger partial charge on any atom is 0.259 e. The Morgan fingerprint density at radius 1 is 1.02 bits per heavy atom. The zero-order chi connectivity index (χ0) is 27.5. The summed E-state index contributed by atoms with van der Waals surface area (Å²) < 4.78 is 1.70. The average Bonchev–Trinajstić information content (AvgIpc) is 3.34. The monoisotopic (exact) mass is 563 g/mol. The smallest absolute Gasteiger partial charge is 0.259 e. The lowest BCUT2D eigenvalue weighted by molar-refractivity contribution is -0.130. The number of aromatic nitrogens is 2. The van der Waals surface area contributed by atoms with Gasteiger partial charge >= 0.3 is 0 Å². The van der Waals surface area contributed by atoms with Crippen molar-refractivity contribution in [3.8, 4) is 11.8 Å². The summed E-state index contributed by atoms with van der Waals surface area (Å²) in [4.78, 5) is 31.3. The number of piperidine rings is 1. The summed E-state index contributed by atoms with van der Waals surface area (Å²) in [7, 11) is 0. The van der Waals surface area contributed by atoms with Crippen molar-refractivity contribution in [3.63, 3.8) is 0 Å². The van der Waals surface area contributed by atoms with Gasteiger partial charge in [-0.2, -0.15) is 10.4 Å². The second-order valence-corrected chi connectivity index (χ2v) is 10.5. The molecule has 2 fully saturated rings. The van der Waals surface area contributed by atoms with Gasteiger partial charge in [-0.15, -0.1) is 0 Å². The number of amides is 2. The molecule has 3 N–H and O–H groups in total. The van der Waals surface area contributed by atoms with Crippen molar-refractivity contribution in [2.75, 3.05) is 49.5 Å². The van der Waals surface area contributed by atoms with E-state index in [2.05, 4.69) is 26.3 Å². The molecule has 2 saturated heterocycles. The summed E-state index contributed by atoms with van der Waals surface area (Å²) in [5.41, 5.74) is 3.97. The molecule has 0 unspecified atom stereocenters. The van der Waals surface area contributed by atoms with Crippen LogP contribution >= 0.6 is 11.6 Å². The normalized spacial score (nSPS) is 16.2. The van der Waals surface area contributed by atoms with E-state index in [4.69, 9.17) is 11.6 Å². The van der Waals surface area contributed by atoms with Crippen LogP contribution in [0.5, 0.6) is 0 Å². The molecule has 10 nitrogen and oxygen atoms in total. The summed E-state index contributed by atoms with van der Waals surface area (Å²) >= 11 is 5.99. The number of piperazine rings is 1. The molecule has 3 aromatic rings. The molecule has 210 valence electrons. The van der Waals surface area contributed by atoms with Gasteiger partial charge in [0.1, 0.15) is 6.07 Å². The van der Waals surface area contributed by atoms with Gasteiger partial charge in [-0.1, -0.05) is 11.6 Å². The van der Waals surface area contributed by atoms with Crippen LogP contribution in [0.1, 0.15) is 41.4 Å². The molecule has 0 saturated carbocycles. The van der Waals surface area contributed by atoms with Crippen molar-refractivity contribution >= 4 is 34.8 Å². The number of nitriles is 1. The maximum absolute atomic E-state index is 13.1. The first-order chi connectivity index (χ1) is 18.8. The number of hydrogen-bond acceptors (Lipinski definition) is 6. The number of halogens is 1. The molecule has 0 atom stereocenters. The van der Waals surface area contributed by atoms with Crippen molar-refractivity contribution < 1.29 is 15.1 Å². The molecule has 0 radical (unpaired) electrons. The number of carbonyl (C=O) groups excluding carboxylic acids is 2. The molecule has 40 heavy (non-hydrogen) atoms. The zero-order valence-electron chi connectivity index (χ0n) is 22.7. The van der Waals surface area contributed by atoms with E-state index in [1.54, 1.807) is 36.0 Å². The van der Waals surface area contributed by atoms with Gasteiger partial charge in [0.15, 0.2) is 0 Å². The standard InChI is InChI=1S/C29H32ClN7O2.H2O/c1-20-27(19-32-37(20)26-6-3-23(30)4-7-26)29(39)33-24-5-8-28(22(17-24)18-31)36-11-9-25(10-12-36)35-15-13-34(14-16-35)21(2)38;/h3-8,17,19,25H,9-16H2,1-2H3,(H,33,39);1H2. The van der Waals surface area contributed by atoms with Crippen molar-refractivity contribution in [1.82, 2.24) is 19.6 Å². The molecule has 2 amide bonds. The van der Waals surface area contributed by atoms with Gasteiger partial charge in [0.2, 0.25) is 5.91 Å². The molecule has 0 bridgehead atoms. The fraction of sp³-hybridized carbons (Fsp3) is 0.379. The average molecular weight is 564 g/mol. The van der Waals surface area contributed by atoms with E-state index < -0.39 is 0 Å². The summed E-state index contributed by atoms with van der Waals surface area (Å²) in [5, 5.41) is 17.8. The Morgan fingerprint density at radius 2 is 1.70 bits per heavy atom. The highest BCUT2D eigenvalue weighted by Gasteiger charge is 2.29. The van der Waals surface area contributed by atoms with E-state index in [1.165, 1.54) is 0 Å². The lowest BCUT2D eigenvalue weighted by Crippen LogP contribution is -2.54. The van der Waals surface area contributed by atoms with Crippen molar-refractivity contribution in [3.05, 3.63) is 70.5 Å². The minimum Gasteiger partial charge on any atom is -0.412 e. The topological polar surface area (TPSA) is 129 Å². The number of benzene rings is 2. The SMILES string of the molecule is CC(=O)N1CCN(C2CCN(c3ccc(NC(=O)c4cnn(-c5ccc(Cl)cc5)c4C)cc3C#N)CC2)CC1.O. The van der Waals surface area contributed by atoms with Crippen LogP contribution in [-0.2, 0) is 4.79 Å². The quantitative estimate of drug-likeness (QED) is 0.507. The van der Waals surface area contributed by atoms with Gasteiger partial charge in [-0.3, -0.25) is 14.5 Å². The lowest BCUT2D eigenvalue weighted by atomic mass is 10.0. The van der Waals surface area contributed by atoms with E-state index in [1.807, 2.05) is 36.1 Å². The lowest BCUT2D eigenvalue weighted by Gasteiger charge is -2.43. The predicted molar refractivity (Wildman–Crippen MR) is 155 cm³/mol. The molecule has 3 heterocycles. The first-order valence-corrected chi connectivity index (χ1v) is 13.6. The molecule has 1 aromatic heterocycles. The van der Waals surface area contributed by atoms with E-state index >= 15 is 0 Å². The Labute approximate surface area is 239 Å². The molecular formula is C29H34ClN7O3. The molecule has 2 aliphatic rings. The van der Waals surface area contributed by atoms with Gasteiger partial charge in [-0.25, -0.2) is 4.68 Å². The first-order valence-electron chi connectivity index (χ1n) is 13.2. The third-order valence-electron chi connectivity index (χ3n) is 7.78. The van der Waals surface area contributed by atoms with Crippen LogP contribution in [0.3, 0.4) is 0 Å². The Morgan fingerprint density at radius 3 is 2.33 bits per heavy atom. The van der Waals surface area contributed by atoms with Crippen molar-refractivity contribution in [1.29, 1.82) is 5.26 Å². The van der Waals surface area contributed by atoms with Crippen LogP contribution in [0.15, 0.2) is 48.7 Å². The van der Waals surface area contributed by atoms with Crippen molar-refractivity contribution in [2.24, 2.45) is 0 Å². The van der Waals surface area contributed by atoms with Crippen LogP contribution in [0.2, 0.25) is 5.02 Å². The summed E-state index contributed by atoms with van der Waals surface area (Å²) in [6.45, 7) is 8.62. The number of hydrogen-bond donors (Lipinski definition) is 1. The molecule has 11 heteroatoms. The fourth-order valence-electron chi connectivity index (χ4n) is 5.53. The number of anilines is 2. The van der Waals surface area contributed by atoms with Gasteiger partial charge in [0.05, 0.1) is 34.4 Å². The predicted octanol–water partition coefficient (Wildman–Crippen LogP) is 3.27. The van der Waals surface area contributed by atoms with E-state index in [0.717, 1.165) is 63.5 Å². The zero-order valence-corrected chi connectivity index (χ0v) is 23.5. The van der Waals surface area contributed by atoms with Crippen LogP contribution < -0.4 is 10.2 Å². The second kappa shape index (κ2) is 12.5. The minimum atomic E-state index is -0.282. The van der Waals surface area contributed by atoms with Crippen LogP contribution in [0.25, 0.3) is 5.69 Å². The Kier molecular flexibility index (Phi) is 9.10. The third-order valence-corrected chi connectivity index (χ3v) is 8.03. The highest BCUT2D eigenvalue weighted by atomic mass is 35.5. The molecule has 2 aromatic carbocycles. The van der Waals surface area contributed by atoms with Gasteiger partial charge < -0.3 is 20.6 Å². The number of rotatable bonds is 5. The largest absolute Gasteiger partial charge is 0.412 e. The highest BCUT2D eigenvalue weighted by Crippen LogP contribution is 2.29. The first kappa shape index (κ1) is 29.1. The molecular weight excluding hydrogens is 530 g/mol. The Balaban J connectivity index is 0.00000370. The number of carbonyl (C=O) groups is 2. The maximum atomic E-state index is 13.1. The fourth-order valence-corrected chi connectivity index (χ4v) is 5.65. The third kappa shape index (κ3) is 6.12. The van der Waals surface area contributed by atoms with E-state index in [9.17, 15) is 14.9 Å². The number of nitrogens with zero attached hydrogens (tertiary/aromatic N) is 6. The Bertz CT molecular complexity index is 1400. The van der Waals surface area contributed by atoms with Gasteiger partial charge in [-0.05, 0) is 62.2 Å². The second-order valence-electron chi connectivity index (χ2n) is 10.1. The molecule has 0 spiro atoms. The summed E-state index contributed by atoms with van der Waals surface area (Å²) in [6.07, 6.45) is 3.57. The van der Waals surface area contributed by atoms with Gasteiger partial charge in [0.25, 0.3) is 5.91 Å². The molecule has 5 rings (SSSR count). The van der Waals surface area contributed by atoms with E-state index in [-0.39, 0.29) is 17.3 Å². The Hall–Kier alpha value is -3.91. The number of nitrogens with one attached hydrogen (secondary N) is 1. The van der Waals surface area contributed by atoms with Gasteiger partial charge in [0, 0.05) is 62.9 Å².